The molecule has 2 aromatic rings. The first-order valence-electron chi connectivity index (χ1n) is 10.3. The fourth-order valence-corrected chi connectivity index (χ4v) is 4.70. The second-order valence-electron chi connectivity index (χ2n) is 7.01. The lowest BCUT2D eigenvalue weighted by molar-refractivity contribution is -0.148. The molecule has 0 radical (unpaired) electrons. The van der Waals surface area contributed by atoms with E-state index in [-0.39, 0.29) is 37.0 Å². The van der Waals surface area contributed by atoms with Crippen LogP contribution < -0.4 is 4.74 Å². The first-order chi connectivity index (χ1) is 15.4. The molecule has 1 amide bonds. The van der Waals surface area contributed by atoms with E-state index in [4.69, 9.17) is 9.47 Å². The van der Waals surface area contributed by atoms with Gasteiger partial charge in [0.15, 0.2) is 6.61 Å². The predicted octanol–water partition coefficient (Wildman–Crippen LogP) is 2.17. The van der Waals surface area contributed by atoms with Crippen molar-refractivity contribution < 1.29 is 27.5 Å². The first kappa shape index (κ1) is 23.5. The third kappa shape index (κ3) is 5.95. The quantitative estimate of drug-likeness (QED) is 0.445. The normalized spacial score (nSPS) is 15.0. The van der Waals surface area contributed by atoms with E-state index in [1.807, 2.05) is 25.1 Å². The van der Waals surface area contributed by atoms with Gasteiger partial charge in [-0.15, -0.1) is 0 Å². The largest absolute Gasteiger partial charge is 0.493 e. The summed E-state index contributed by atoms with van der Waals surface area (Å²) < 4.78 is 37.2. The Bertz CT molecular complexity index is 1060. The molecule has 8 nitrogen and oxygen atoms in total. The van der Waals surface area contributed by atoms with Gasteiger partial charge in [-0.25, -0.2) is 13.2 Å². The summed E-state index contributed by atoms with van der Waals surface area (Å²) in [6.07, 6.45) is 2.82. The van der Waals surface area contributed by atoms with Crippen LogP contribution in [0.5, 0.6) is 5.75 Å². The molecule has 2 aromatic carbocycles. The predicted molar refractivity (Wildman–Crippen MR) is 119 cm³/mol. The zero-order valence-electron chi connectivity index (χ0n) is 17.8. The van der Waals surface area contributed by atoms with E-state index in [1.54, 1.807) is 42.5 Å². The Labute approximate surface area is 188 Å². The van der Waals surface area contributed by atoms with E-state index >= 15 is 0 Å². The van der Waals surface area contributed by atoms with Crippen LogP contribution in [-0.2, 0) is 24.3 Å². The number of piperazine rings is 1. The summed E-state index contributed by atoms with van der Waals surface area (Å²) in [5.41, 5.74) is 0.730. The van der Waals surface area contributed by atoms with Gasteiger partial charge in [-0.3, -0.25) is 4.79 Å². The molecule has 0 unspecified atom stereocenters. The van der Waals surface area contributed by atoms with Gasteiger partial charge in [-0.1, -0.05) is 36.4 Å². The minimum Gasteiger partial charge on any atom is -0.493 e. The molecule has 1 fully saturated rings. The number of esters is 1. The van der Waals surface area contributed by atoms with Crippen molar-refractivity contribution >= 4 is 28.0 Å². The van der Waals surface area contributed by atoms with E-state index < -0.39 is 22.6 Å². The number of ether oxygens (including phenoxy) is 2. The van der Waals surface area contributed by atoms with E-state index in [0.717, 1.165) is 5.56 Å². The molecule has 0 aromatic heterocycles. The highest BCUT2D eigenvalue weighted by molar-refractivity contribution is 7.89. The van der Waals surface area contributed by atoms with Crippen LogP contribution in [0.2, 0.25) is 0 Å². The second-order valence-corrected chi connectivity index (χ2v) is 8.95. The molecule has 0 aliphatic carbocycles. The Morgan fingerprint density at radius 3 is 2.31 bits per heavy atom. The molecular weight excluding hydrogens is 432 g/mol. The van der Waals surface area contributed by atoms with Gasteiger partial charge in [0.1, 0.15) is 5.75 Å². The van der Waals surface area contributed by atoms with Crippen LogP contribution in [0, 0.1) is 0 Å². The van der Waals surface area contributed by atoms with Crippen molar-refractivity contribution in [2.45, 2.75) is 11.8 Å². The second kappa shape index (κ2) is 10.9. The van der Waals surface area contributed by atoms with Crippen LogP contribution in [0.3, 0.4) is 0 Å². The molecule has 1 heterocycles. The highest BCUT2D eigenvalue weighted by Gasteiger charge is 2.30. The highest BCUT2D eigenvalue weighted by atomic mass is 32.2. The molecule has 170 valence electrons. The molecule has 1 saturated heterocycles. The summed E-state index contributed by atoms with van der Waals surface area (Å²) in [5, 5.41) is 0. The lowest BCUT2D eigenvalue weighted by Crippen LogP contribution is -2.51. The Morgan fingerprint density at radius 1 is 0.969 bits per heavy atom. The summed E-state index contributed by atoms with van der Waals surface area (Å²) in [7, 11) is -3.59. The number of para-hydroxylation sites is 1. The molecule has 32 heavy (non-hydrogen) atoms. The first-order valence-corrected chi connectivity index (χ1v) is 11.8. The van der Waals surface area contributed by atoms with Gasteiger partial charge in [0.2, 0.25) is 10.0 Å². The van der Waals surface area contributed by atoms with Crippen molar-refractivity contribution in [1.29, 1.82) is 0 Å². The number of rotatable bonds is 8. The third-order valence-corrected chi connectivity index (χ3v) is 6.84. The average Bonchev–Trinajstić information content (AvgIpc) is 2.83. The maximum atomic E-state index is 12.7. The van der Waals surface area contributed by atoms with Gasteiger partial charge in [-0.05, 0) is 31.2 Å². The molecule has 0 atom stereocenters. The molecule has 0 spiro atoms. The monoisotopic (exact) mass is 458 g/mol. The number of benzene rings is 2. The van der Waals surface area contributed by atoms with E-state index in [1.165, 1.54) is 15.3 Å². The number of amides is 1. The average molecular weight is 459 g/mol. The van der Waals surface area contributed by atoms with E-state index in [0.29, 0.717) is 12.4 Å². The molecule has 0 saturated carbocycles. The molecule has 0 N–H and O–H groups in total. The van der Waals surface area contributed by atoms with Crippen molar-refractivity contribution in [1.82, 2.24) is 9.21 Å². The Kier molecular flexibility index (Phi) is 8.02. The Balaban J connectivity index is 1.48. The van der Waals surface area contributed by atoms with Crippen LogP contribution in [0.15, 0.2) is 65.6 Å². The van der Waals surface area contributed by atoms with Gasteiger partial charge in [0.05, 0.1) is 11.5 Å². The smallest absolute Gasteiger partial charge is 0.331 e. The Hall–Kier alpha value is -3.17. The Morgan fingerprint density at radius 2 is 1.62 bits per heavy atom. The van der Waals surface area contributed by atoms with Crippen LogP contribution in [0.1, 0.15) is 12.5 Å². The maximum absolute atomic E-state index is 12.7. The molecule has 1 aliphatic rings. The summed E-state index contributed by atoms with van der Waals surface area (Å²) >= 11 is 0. The number of hydrogen-bond donors (Lipinski definition) is 0. The zero-order chi connectivity index (χ0) is 23.0. The van der Waals surface area contributed by atoms with Crippen LogP contribution in [-0.4, -0.2) is 68.9 Å². The third-order valence-electron chi connectivity index (χ3n) is 4.93. The van der Waals surface area contributed by atoms with Crippen molar-refractivity contribution in [3.63, 3.8) is 0 Å². The summed E-state index contributed by atoms with van der Waals surface area (Å²) in [6, 6.07) is 15.5. The van der Waals surface area contributed by atoms with Crippen molar-refractivity contribution in [3.05, 3.63) is 66.2 Å². The lowest BCUT2D eigenvalue weighted by Gasteiger charge is -2.33. The number of hydrogen-bond acceptors (Lipinski definition) is 6. The van der Waals surface area contributed by atoms with E-state index in [9.17, 15) is 18.0 Å². The number of carbonyl (C=O) groups is 2. The minimum atomic E-state index is -3.59. The van der Waals surface area contributed by atoms with Crippen LogP contribution in [0.4, 0.5) is 0 Å². The molecule has 0 bridgehead atoms. The minimum absolute atomic E-state index is 0.186. The summed E-state index contributed by atoms with van der Waals surface area (Å²) in [6.45, 7) is 2.82. The van der Waals surface area contributed by atoms with Gasteiger partial charge < -0.3 is 14.4 Å². The van der Waals surface area contributed by atoms with Crippen LogP contribution >= 0.6 is 0 Å². The fourth-order valence-electron chi connectivity index (χ4n) is 3.25. The zero-order valence-corrected chi connectivity index (χ0v) is 18.7. The van der Waals surface area contributed by atoms with Gasteiger partial charge in [0, 0.05) is 37.8 Å². The topological polar surface area (TPSA) is 93.2 Å². The number of nitrogens with zero attached hydrogens (tertiary/aromatic N) is 2. The molecule has 9 heteroatoms. The fraction of sp³-hybridized carbons (Fsp3) is 0.304. The van der Waals surface area contributed by atoms with Crippen molar-refractivity contribution in [3.8, 4) is 5.75 Å². The molecule has 3 rings (SSSR count). The summed E-state index contributed by atoms with van der Waals surface area (Å²) in [4.78, 5) is 26.1. The van der Waals surface area contributed by atoms with Gasteiger partial charge >= 0.3 is 5.97 Å². The van der Waals surface area contributed by atoms with Crippen molar-refractivity contribution in [2.75, 3.05) is 39.4 Å². The standard InChI is InChI=1S/C23H26N2O6S/c1-2-30-21-11-7-6-8-19(21)12-13-23(27)31-18-22(26)24-14-16-25(17-15-24)32(28,29)20-9-4-3-5-10-20/h3-13H,2,14-18H2,1H3/b13-12+. The van der Waals surface area contributed by atoms with Crippen LogP contribution in [0.25, 0.3) is 6.08 Å². The van der Waals surface area contributed by atoms with Crippen molar-refractivity contribution in [2.24, 2.45) is 0 Å². The van der Waals surface area contributed by atoms with Gasteiger partial charge in [0.25, 0.3) is 5.91 Å². The van der Waals surface area contributed by atoms with Gasteiger partial charge in [-0.2, -0.15) is 4.31 Å². The molecular formula is C23H26N2O6S. The molecule has 1 aliphatic heterocycles. The maximum Gasteiger partial charge on any atom is 0.331 e. The highest BCUT2D eigenvalue weighted by Crippen LogP contribution is 2.19. The summed E-state index contributed by atoms with van der Waals surface area (Å²) in [5.74, 6) is -0.355. The SMILES string of the molecule is CCOc1ccccc1/C=C/C(=O)OCC(=O)N1CCN(S(=O)(=O)c2ccccc2)CC1. The number of carbonyl (C=O) groups excluding carboxylic acids is 2. The number of sulfonamides is 1. The van der Waals surface area contributed by atoms with E-state index in [2.05, 4.69) is 0 Å². The lowest BCUT2D eigenvalue weighted by atomic mass is 10.2.